The van der Waals surface area contributed by atoms with Crippen LogP contribution in [0.4, 0.5) is 5.69 Å². The van der Waals surface area contributed by atoms with Crippen molar-refractivity contribution in [1.29, 1.82) is 0 Å². The normalized spacial score (nSPS) is 11.8. The van der Waals surface area contributed by atoms with E-state index < -0.39 is 0 Å². The molecule has 1 unspecified atom stereocenters. The lowest BCUT2D eigenvalue weighted by molar-refractivity contribution is 0.390. The topological polar surface area (TPSA) is 30.5 Å². The van der Waals surface area contributed by atoms with Crippen molar-refractivity contribution in [3.63, 3.8) is 0 Å². The van der Waals surface area contributed by atoms with E-state index in [2.05, 4.69) is 12.2 Å². The average Bonchev–Trinajstić information content (AvgIpc) is 2.48. The fourth-order valence-electron chi connectivity index (χ4n) is 2.07. The van der Waals surface area contributed by atoms with Crippen molar-refractivity contribution in [2.75, 3.05) is 19.5 Å². The molecule has 1 atom stereocenters. The summed E-state index contributed by atoms with van der Waals surface area (Å²) in [5, 5.41) is 4.09. The summed E-state index contributed by atoms with van der Waals surface area (Å²) in [6, 6.07) is 13.5. The van der Waals surface area contributed by atoms with E-state index in [9.17, 15) is 0 Å². The fraction of sp³-hybridized carbons (Fsp3) is 0.250. The maximum absolute atomic E-state index is 6.16. The molecule has 0 amide bonds. The number of ether oxygens (including phenoxy) is 2. The molecule has 4 heteroatoms. The Kier molecular flexibility index (Phi) is 4.74. The van der Waals surface area contributed by atoms with Crippen LogP contribution in [0, 0.1) is 0 Å². The van der Waals surface area contributed by atoms with Crippen molar-refractivity contribution >= 4 is 17.3 Å². The molecule has 0 aliphatic rings. The molecule has 20 heavy (non-hydrogen) atoms. The van der Waals surface area contributed by atoms with Crippen molar-refractivity contribution in [1.82, 2.24) is 0 Å². The van der Waals surface area contributed by atoms with Crippen LogP contribution in [0.5, 0.6) is 11.5 Å². The van der Waals surface area contributed by atoms with Crippen molar-refractivity contribution in [3.8, 4) is 11.5 Å². The lowest BCUT2D eigenvalue weighted by atomic mass is 10.1. The van der Waals surface area contributed by atoms with Gasteiger partial charge in [-0.25, -0.2) is 0 Å². The molecular weight excluding hydrogens is 274 g/mol. The zero-order chi connectivity index (χ0) is 14.5. The Balaban J connectivity index is 2.25. The predicted octanol–water partition coefficient (Wildman–Crippen LogP) is 4.53. The Morgan fingerprint density at radius 1 is 1.05 bits per heavy atom. The maximum Gasteiger partial charge on any atom is 0.127 e. The molecule has 0 radical (unpaired) electrons. The van der Waals surface area contributed by atoms with E-state index in [1.807, 2.05) is 42.5 Å². The van der Waals surface area contributed by atoms with Crippen LogP contribution in [0.15, 0.2) is 42.5 Å². The highest BCUT2D eigenvalue weighted by Crippen LogP contribution is 2.32. The molecule has 2 aromatic rings. The lowest BCUT2D eigenvalue weighted by Crippen LogP contribution is -2.08. The second-order valence-corrected chi connectivity index (χ2v) is 4.86. The van der Waals surface area contributed by atoms with E-state index in [0.717, 1.165) is 22.7 Å². The minimum Gasteiger partial charge on any atom is -0.497 e. The van der Waals surface area contributed by atoms with Gasteiger partial charge in [0.2, 0.25) is 0 Å². The highest BCUT2D eigenvalue weighted by atomic mass is 35.5. The first-order valence-electron chi connectivity index (χ1n) is 6.38. The highest BCUT2D eigenvalue weighted by molar-refractivity contribution is 6.33. The molecule has 3 nitrogen and oxygen atoms in total. The van der Waals surface area contributed by atoms with Crippen molar-refractivity contribution < 1.29 is 9.47 Å². The number of hydrogen-bond acceptors (Lipinski definition) is 3. The quantitative estimate of drug-likeness (QED) is 0.878. The van der Waals surface area contributed by atoms with E-state index in [-0.39, 0.29) is 6.04 Å². The Labute approximate surface area is 124 Å². The summed E-state index contributed by atoms with van der Waals surface area (Å²) >= 11 is 6.16. The van der Waals surface area contributed by atoms with Crippen LogP contribution in [-0.2, 0) is 0 Å². The number of methoxy groups -OCH3 is 2. The van der Waals surface area contributed by atoms with Gasteiger partial charge in [-0.05, 0) is 31.2 Å². The van der Waals surface area contributed by atoms with Crippen molar-refractivity contribution in [2.24, 2.45) is 0 Å². The molecule has 0 fully saturated rings. The Bertz CT molecular complexity index is 586. The van der Waals surface area contributed by atoms with E-state index in [1.54, 1.807) is 14.2 Å². The van der Waals surface area contributed by atoms with Gasteiger partial charge in [0.05, 0.1) is 31.0 Å². The molecule has 0 bridgehead atoms. The third kappa shape index (κ3) is 3.17. The van der Waals surface area contributed by atoms with E-state index in [1.165, 1.54) is 0 Å². The first kappa shape index (κ1) is 14.5. The SMILES string of the molecule is COc1ccc(C(C)Nc2ccccc2Cl)c(OC)c1. The van der Waals surface area contributed by atoms with Crippen LogP contribution in [0.1, 0.15) is 18.5 Å². The Morgan fingerprint density at radius 3 is 2.45 bits per heavy atom. The summed E-state index contributed by atoms with van der Waals surface area (Å²) in [4.78, 5) is 0. The molecule has 0 aromatic heterocycles. The summed E-state index contributed by atoms with van der Waals surface area (Å²) in [5.74, 6) is 1.56. The summed E-state index contributed by atoms with van der Waals surface area (Å²) in [5.41, 5.74) is 1.95. The zero-order valence-corrected chi connectivity index (χ0v) is 12.6. The molecule has 106 valence electrons. The van der Waals surface area contributed by atoms with Gasteiger partial charge < -0.3 is 14.8 Å². The predicted molar refractivity (Wildman–Crippen MR) is 83.0 cm³/mol. The van der Waals surface area contributed by atoms with Gasteiger partial charge in [0.1, 0.15) is 11.5 Å². The first-order valence-corrected chi connectivity index (χ1v) is 6.76. The number of anilines is 1. The van der Waals surface area contributed by atoms with Gasteiger partial charge >= 0.3 is 0 Å². The smallest absolute Gasteiger partial charge is 0.127 e. The van der Waals surface area contributed by atoms with E-state index in [0.29, 0.717) is 5.02 Å². The zero-order valence-electron chi connectivity index (χ0n) is 11.8. The summed E-state index contributed by atoms with van der Waals surface area (Å²) in [6.45, 7) is 2.06. The minimum absolute atomic E-state index is 0.0655. The van der Waals surface area contributed by atoms with Crippen LogP contribution >= 0.6 is 11.6 Å². The molecule has 0 heterocycles. The first-order chi connectivity index (χ1) is 9.65. The second-order valence-electron chi connectivity index (χ2n) is 4.45. The monoisotopic (exact) mass is 291 g/mol. The molecule has 1 N–H and O–H groups in total. The van der Waals surface area contributed by atoms with Gasteiger partial charge in [-0.3, -0.25) is 0 Å². The van der Waals surface area contributed by atoms with Crippen LogP contribution in [0.25, 0.3) is 0 Å². The fourth-order valence-corrected chi connectivity index (χ4v) is 2.26. The van der Waals surface area contributed by atoms with Crippen LogP contribution in [0.2, 0.25) is 5.02 Å². The van der Waals surface area contributed by atoms with E-state index in [4.69, 9.17) is 21.1 Å². The minimum atomic E-state index is 0.0655. The largest absolute Gasteiger partial charge is 0.497 e. The summed E-state index contributed by atoms with van der Waals surface area (Å²) in [7, 11) is 3.29. The van der Waals surface area contributed by atoms with Crippen LogP contribution in [0.3, 0.4) is 0 Å². The molecule has 0 aliphatic carbocycles. The van der Waals surface area contributed by atoms with Crippen molar-refractivity contribution in [3.05, 3.63) is 53.1 Å². The number of rotatable bonds is 5. The molecule has 0 aliphatic heterocycles. The van der Waals surface area contributed by atoms with Gasteiger partial charge in [0.25, 0.3) is 0 Å². The van der Waals surface area contributed by atoms with E-state index >= 15 is 0 Å². The number of benzene rings is 2. The molecule has 2 aromatic carbocycles. The molecule has 2 rings (SSSR count). The Morgan fingerprint density at radius 2 is 1.80 bits per heavy atom. The van der Waals surface area contributed by atoms with Crippen LogP contribution < -0.4 is 14.8 Å². The lowest BCUT2D eigenvalue weighted by Gasteiger charge is -2.19. The molecule has 0 spiro atoms. The number of halogens is 1. The maximum atomic E-state index is 6.16. The summed E-state index contributed by atoms with van der Waals surface area (Å²) < 4.78 is 10.6. The third-order valence-electron chi connectivity index (χ3n) is 3.15. The second kappa shape index (κ2) is 6.53. The number of para-hydroxylation sites is 1. The Hall–Kier alpha value is -1.87. The number of hydrogen-bond donors (Lipinski definition) is 1. The molecule has 0 saturated carbocycles. The summed E-state index contributed by atoms with van der Waals surface area (Å²) in [6.07, 6.45) is 0. The van der Waals surface area contributed by atoms with Gasteiger partial charge in [-0.2, -0.15) is 0 Å². The van der Waals surface area contributed by atoms with Crippen molar-refractivity contribution in [2.45, 2.75) is 13.0 Å². The third-order valence-corrected chi connectivity index (χ3v) is 3.48. The standard InChI is InChI=1S/C16H18ClNO2/c1-11(18-15-7-5-4-6-14(15)17)13-9-8-12(19-2)10-16(13)20-3/h4-11,18H,1-3H3. The van der Waals surface area contributed by atoms with Gasteiger partial charge in [-0.15, -0.1) is 0 Å². The van der Waals surface area contributed by atoms with Gasteiger partial charge in [0, 0.05) is 11.6 Å². The highest BCUT2D eigenvalue weighted by Gasteiger charge is 2.13. The van der Waals surface area contributed by atoms with Crippen LogP contribution in [-0.4, -0.2) is 14.2 Å². The van der Waals surface area contributed by atoms with Gasteiger partial charge in [-0.1, -0.05) is 23.7 Å². The molecule has 0 saturated heterocycles. The van der Waals surface area contributed by atoms with Gasteiger partial charge in [0.15, 0.2) is 0 Å². The average molecular weight is 292 g/mol. The number of nitrogens with one attached hydrogen (secondary N) is 1. The molecular formula is C16H18ClNO2.